The van der Waals surface area contributed by atoms with Crippen molar-refractivity contribution in [2.75, 3.05) is 25.1 Å². The summed E-state index contributed by atoms with van der Waals surface area (Å²) in [6, 6.07) is 17.7. The summed E-state index contributed by atoms with van der Waals surface area (Å²) in [5.74, 6) is -0.0442. The zero-order valence-electron chi connectivity index (χ0n) is 24.3. The topological polar surface area (TPSA) is 179 Å². The molecule has 1 aliphatic rings. The minimum Gasteiger partial charge on any atom is -0.497 e. The quantitative estimate of drug-likeness (QED) is 0.115. The fraction of sp³-hybridized carbons (Fsp3) is 0.300. The molecule has 2 amide bonds. The van der Waals surface area contributed by atoms with E-state index >= 15 is 0 Å². The predicted octanol–water partition coefficient (Wildman–Crippen LogP) is 1.78. The molecule has 230 valence electrons. The molecular formula is C30H34BClN6O6. The number of nitrogens with one attached hydrogen (secondary N) is 2. The van der Waals surface area contributed by atoms with Crippen LogP contribution in [-0.2, 0) is 4.79 Å². The van der Waals surface area contributed by atoms with Crippen LogP contribution in [-0.4, -0.2) is 73.3 Å². The number of benzodiazepines with no additional fused rings is 1. The molecule has 3 aromatic carbocycles. The summed E-state index contributed by atoms with van der Waals surface area (Å²) >= 11 is 6.14. The summed E-state index contributed by atoms with van der Waals surface area (Å²) in [5, 5.41) is 27.8. The normalized spacial score (nSPS) is 16.6. The SMILES string of the molecule is COc1ccc2c(c1)C(c1ccc(Cl)cc1)=N[C@@H](CC(=O)NCCCNC(=O)c1ccc(B(O)O)cc1)C(N)N2C(C)N=O. The van der Waals surface area contributed by atoms with E-state index in [1.54, 1.807) is 49.3 Å². The smallest absolute Gasteiger partial charge is 0.488 e. The predicted molar refractivity (Wildman–Crippen MR) is 170 cm³/mol. The van der Waals surface area contributed by atoms with Crippen LogP contribution in [0.1, 0.15) is 41.3 Å². The minimum absolute atomic E-state index is 0.0686. The van der Waals surface area contributed by atoms with Gasteiger partial charge in [0.05, 0.1) is 25.3 Å². The van der Waals surface area contributed by atoms with Crippen LogP contribution in [0.4, 0.5) is 5.69 Å². The van der Waals surface area contributed by atoms with Crippen molar-refractivity contribution in [3.8, 4) is 5.75 Å². The van der Waals surface area contributed by atoms with Crippen molar-refractivity contribution in [3.63, 3.8) is 0 Å². The van der Waals surface area contributed by atoms with E-state index in [0.717, 1.165) is 5.56 Å². The van der Waals surface area contributed by atoms with Crippen molar-refractivity contribution in [2.45, 2.75) is 38.1 Å². The molecule has 0 radical (unpaired) electrons. The van der Waals surface area contributed by atoms with Crippen LogP contribution >= 0.6 is 11.6 Å². The van der Waals surface area contributed by atoms with Crippen LogP contribution in [0.15, 0.2) is 76.9 Å². The van der Waals surface area contributed by atoms with E-state index in [9.17, 15) is 24.5 Å². The Balaban J connectivity index is 1.47. The summed E-state index contributed by atoms with van der Waals surface area (Å²) in [6.07, 6.45) is -1.32. The number of aliphatic imine (C=N–C) groups is 1. The van der Waals surface area contributed by atoms with E-state index in [1.165, 1.54) is 24.3 Å². The number of hydrogen-bond donors (Lipinski definition) is 5. The number of anilines is 1. The van der Waals surface area contributed by atoms with Crippen molar-refractivity contribution < 1.29 is 24.4 Å². The summed E-state index contributed by atoms with van der Waals surface area (Å²) in [4.78, 5) is 43.8. The molecule has 3 aromatic rings. The van der Waals surface area contributed by atoms with Crippen molar-refractivity contribution >= 4 is 47.4 Å². The van der Waals surface area contributed by atoms with Gasteiger partial charge in [0.15, 0.2) is 6.17 Å². The Morgan fingerprint density at radius 2 is 1.77 bits per heavy atom. The molecule has 3 atom stereocenters. The van der Waals surface area contributed by atoms with Gasteiger partial charge in [-0.25, -0.2) is 0 Å². The highest BCUT2D eigenvalue weighted by molar-refractivity contribution is 6.58. The van der Waals surface area contributed by atoms with Gasteiger partial charge >= 0.3 is 7.12 Å². The van der Waals surface area contributed by atoms with Gasteiger partial charge in [-0.15, -0.1) is 4.91 Å². The first-order valence-electron chi connectivity index (χ1n) is 14.0. The van der Waals surface area contributed by atoms with Gasteiger partial charge in [0.2, 0.25) is 5.91 Å². The number of hydrogen-bond acceptors (Lipinski definition) is 10. The Labute approximate surface area is 260 Å². The second-order valence-corrected chi connectivity index (χ2v) is 10.7. The number of nitroso groups, excluding NO2 is 1. The lowest BCUT2D eigenvalue weighted by molar-refractivity contribution is -0.121. The summed E-state index contributed by atoms with van der Waals surface area (Å²) in [7, 11) is -0.0543. The van der Waals surface area contributed by atoms with E-state index < -0.39 is 25.5 Å². The number of nitrogens with zero attached hydrogens (tertiary/aromatic N) is 3. The molecule has 44 heavy (non-hydrogen) atoms. The third kappa shape index (κ3) is 7.80. The molecular weight excluding hydrogens is 587 g/mol. The molecule has 2 unspecified atom stereocenters. The number of halogens is 1. The molecule has 1 heterocycles. The molecule has 4 rings (SSSR count). The molecule has 1 aliphatic heterocycles. The average molecular weight is 621 g/mol. The van der Waals surface area contributed by atoms with Crippen LogP contribution in [0, 0.1) is 4.91 Å². The third-order valence-electron chi connectivity index (χ3n) is 7.25. The fourth-order valence-electron chi connectivity index (χ4n) is 4.91. The van der Waals surface area contributed by atoms with E-state index in [0.29, 0.717) is 46.3 Å². The maximum absolute atomic E-state index is 13.1. The summed E-state index contributed by atoms with van der Waals surface area (Å²) < 4.78 is 5.46. The van der Waals surface area contributed by atoms with Crippen LogP contribution in [0.2, 0.25) is 5.02 Å². The lowest BCUT2D eigenvalue weighted by Crippen LogP contribution is -2.53. The van der Waals surface area contributed by atoms with Crippen molar-refractivity contribution in [2.24, 2.45) is 15.9 Å². The molecule has 0 aliphatic carbocycles. The summed E-state index contributed by atoms with van der Waals surface area (Å²) in [5.41, 5.74) is 9.95. The lowest BCUT2D eigenvalue weighted by Gasteiger charge is -2.35. The number of amides is 2. The molecule has 12 nitrogen and oxygen atoms in total. The van der Waals surface area contributed by atoms with Gasteiger partial charge < -0.3 is 36.1 Å². The Hall–Kier alpha value is -4.30. The van der Waals surface area contributed by atoms with Gasteiger partial charge in [-0.05, 0) is 66.4 Å². The molecule has 0 saturated carbocycles. The number of nitrogens with two attached hydrogens (primary N) is 1. The monoisotopic (exact) mass is 620 g/mol. The number of carbonyl (C=O) groups excluding carboxylic acids is 2. The minimum atomic E-state index is -1.61. The average Bonchev–Trinajstić information content (AvgIpc) is 3.14. The van der Waals surface area contributed by atoms with Gasteiger partial charge in [-0.3, -0.25) is 14.6 Å². The van der Waals surface area contributed by atoms with Crippen LogP contribution in [0.5, 0.6) is 5.75 Å². The third-order valence-corrected chi connectivity index (χ3v) is 7.50. The van der Waals surface area contributed by atoms with Gasteiger partial charge in [-0.2, -0.15) is 0 Å². The Morgan fingerprint density at radius 1 is 1.09 bits per heavy atom. The molecule has 0 spiro atoms. The standard InChI is InChI=1S/C30H34BClN6O6/c1-18(37-43)38-26-13-12-23(44-2)16-24(26)28(19-6-10-22(32)11-7-19)36-25(29(38)33)17-27(39)34-14-3-15-35-30(40)20-4-8-21(9-5-20)31(41)42/h4-13,16,18,25,29,41-42H,3,14-15,17,33H2,1-2H3,(H,34,39)(H,35,40)/t18?,25-,29?/m0/s1. The number of carbonyl (C=O) groups is 2. The first-order valence-corrected chi connectivity index (χ1v) is 14.4. The van der Waals surface area contributed by atoms with E-state index in [-0.39, 0.29) is 30.2 Å². The molecule has 0 aromatic heterocycles. The van der Waals surface area contributed by atoms with Crippen LogP contribution in [0.25, 0.3) is 0 Å². The van der Waals surface area contributed by atoms with E-state index in [1.807, 2.05) is 12.1 Å². The van der Waals surface area contributed by atoms with Gasteiger partial charge in [0.1, 0.15) is 11.9 Å². The van der Waals surface area contributed by atoms with Crippen LogP contribution < -0.4 is 31.5 Å². The first-order chi connectivity index (χ1) is 21.1. The maximum Gasteiger partial charge on any atom is 0.488 e. The van der Waals surface area contributed by atoms with Gasteiger partial charge in [0.25, 0.3) is 5.91 Å². The fourth-order valence-corrected chi connectivity index (χ4v) is 5.03. The highest BCUT2D eigenvalue weighted by Crippen LogP contribution is 2.35. The first kappa shape index (κ1) is 32.6. The second kappa shape index (κ2) is 14.9. The summed E-state index contributed by atoms with van der Waals surface area (Å²) in [6.45, 7) is 2.22. The molecule has 14 heteroatoms. The number of benzene rings is 3. The van der Waals surface area contributed by atoms with Crippen molar-refractivity contribution in [1.29, 1.82) is 0 Å². The molecule has 6 N–H and O–H groups in total. The molecule has 0 fully saturated rings. The number of rotatable bonds is 12. The van der Waals surface area contributed by atoms with Gasteiger partial charge in [-0.1, -0.05) is 35.9 Å². The van der Waals surface area contributed by atoms with E-state index in [4.69, 9.17) is 27.1 Å². The lowest BCUT2D eigenvalue weighted by atomic mass is 9.80. The highest BCUT2D eigenvalue weighted by atomic mass is 35.5. The van der Waals surface area contributed by atoms with Gasteiger partial charge in [0, 0.05) is 40.5 Å². The number of ether oxygens (including phenoxy) is 1. The Morgan fingerprint density at radius 3 is 2.41 bits per heavy atom. The molecule has 0 saturated heterocycles. The largest absolute Gasteiger partial charge is 0.497 e. The Kier molecular flexibility index (Phi) is 11.1. The molecule has 0 bridgehead atoms. The van der Waals surface area contributed by atoms with Crippen molar-refractivity contribution in [1.82, 2.24) is 10.6 Å². The second-order valence-electron chi connectivity index (χ2n) is 10.2. The maximum atomic E-state index is 13.1. The number of fused-ring (bicyclic) bond motifs is 1. The zero-order valence-corrected chi connectivity index (χ0v) is 25.1. The van der Waals surface area contributed by atoms with Crippen LogP contribution in [0.3, 0.4) is 0 Å². The highest BCUT2D eigenvalue weighted by Gasteiger charge is 2.35. The Bertz CT molecular complexity index is 1500. The number of methoxy groups -OCH3 is 1. The zero-order chi connectivity index (χ0) is 31.8. The van der Waals surface area contributed by atoms with E-state index in [2.05, 4.69) is 15.8 Å². The van der Waals surface area contributed by atoms with Crippen molar-refractivity contribution in [3.05, 3.63) is 93.4 Å².